The van der Waals surface area contributed by atoms with E-state index in [1.807, 2.05) is 0 Å². The Balaban J connectivity index is 2.25. The van der Waals surface area contributed by atoms with Crippen LogP contribution in [0, 0.1) is 0 Å². The molecule has 0 amide bonds. The summed E-state index contributed by atoms with van der Waals surface area (Å²) < 4.78 is 27.4. The lowest BCUT2D eigenvalue weighted by Gasteiger charge is -2.13. The summed E-state index contributed by atoms with van der Waals surface area (Å²) in [6, 6.07) is 4.18. The fourth-order valence-corrected chi connectivity index (χ4v) is 3.36. The van der Waals surface area contributed by atoms with Crippen molar-refractivity contribution in [2.45, 2.75) is 24.4 Å². The Hall–Kier alpha value is -1.41. The maximum atomic E-state index is 12.4. The highest BCUT2D eigenvalue weighted by Gasteiger charge is 2.20. The van der Waals surface area contributed by atoms with Gasteiger partial charge in [0.25, 0.3) is 0 Å². The fraction of sp³-hybridized carbons (Fsp3) is 0.308. The lowest BCUT2D eigenvalue weighted by atomic mass is 10.2. The highest BCUT2D eigenvalue weighted by molar-refractivity contribution is 7.89. The van der Waals surface area contributed by atoms with Gasteiger partial charge in [-0.1, -0.05) is 11.6 Å². The van der Waals surface area contributed by atoms with Crippen molar-refractivity contribution in [2.75, 3.05) is 7.05 Å². The molecule has 0 aliphatic heterocycles. The highest BCUT2D eigenvalue weighted by Crippen LogP contribution is 2.21. The van der Waals surface area contributed by atoms with Gasteiger partial charge in [0.05, 0.1) is 10.9 Å². The summed E-state index contributed by atoms with van der Waals surface area (Å²) in [5.41, 5.74) is 0.729. The molecular formula is C13H17ClN4O2S. The minimum absolute atomic E-state index is 0.176. The van der Waals surface area contributed by atoms with Gasteiger partial charge in [0.1, 0.15) is 5.82 Å². The first-order valence-corrected chi connectivity index (χ1v) is 8.25. The largest absolute Gasteiger partial charge is 0.347 e. The maximum absolute atomic E-state index is 12.4. The number of halogens is 1. The monoisotopic (exact) mass is 328 g/mol. The van der Waals surface area contributed by atoms with Gasteiger partial charge in [-0.15, -0.1) is 0 Å². The van der Waals surface area contributed by atoms with Crippen molar-refractivity contribution < 1.29 is 8.42 Å². The van der Waals surface area contributed by atoms with Gasteiger partial charge in [-0.05, 0) is 37.7 Å². The van der Waals surface area contributed by atoms with Gasteiger partial charge in [0, 0.05) is 24.0 Å². The van der Waals surface area contributed by atoms with E-state index in [2.05, 4.69) is 20.0 Å². The Morgan fingerprint density at radius 1 is 1.43 bits per heavy atom. The minimum atomic E-state index is -3.64. The minimum Gasteiger partial charge on any atom is -0.347 e. The number of rotatable bonds is 6. The molecule has 3 N–H and O–H groups in total. The van der Waals surface area contributed by atoms with Crippen LogP contribution in [0.2, 0.25) is 5.02 Å². The van der Waals surface area contributed by atoms with E-state index >= 15 is 0 Å². The van der Waals surface area contributed by atoms with Crippen LogP contribution in [0.4, 0.5) is 0 Å². The normalized spacial score (nSPS) is 13.3. The van der Waals surface area contributed by atoms with Gasteiger partial charge in [-0.25, -0.2) is 18.1 Å². The number of aromatic nitrogens is 2. The molecule has 0 bridgehead atoms. The topological polar surface area (TPSA) is 86.9 Å². The number of benzene rings is 1. The van der Waals surface area contributed by atoms with Gasteiger partial charge < -0.3 is 10.3 Å². The summed E-state index contributed by atoms with van der Waals surface area (Å²) in [5, 5.41) is 3.48. The lowest BCUT2D eigenvalue weighted by molar-refractivity contribution is 0.561. The molecule has 114 valence electrons. The second-order valence-electron chi connectivity index (χ2n) is 4.60. The fourth-order valence-electron chi connectivity index (χ4n) is 1.92. The first-order valence-electron chi connectivity index (χ1n) is 6.38. The van der Waals surface area contributed by atoms with E-state index < -0.39 is 16.1 Å². The third kappa shape index (κ3) is 3.82. The van der Waals surface area contributed by atoms with E-state index in [9.17, 15) is 8.42 Å². The molecule has 0 saturated heterocycles. The third-order valence-electron chi connectivity index (χ3n) is 2.96. The van der Waals surface area contributed by atoms with Crippen LogP contribution in [0.5, 0.6) is 0 Å². The summed E-state index contributed by atoms with van der Waals surface area (Å²) in [7, 11) is -1.87. The third-order valence-corrected chi connectivity index (χ3v) is 4.86. The zero-order chi connectivity index (χ0) is 15.5. The molecule has 0 aliphatic rings. The van der Waals surface area contributed by atoms with Crippen LogP contribution in [0.1, 0.15) is 24.4 Å². The standard InChI is InChI=1S/C13H17ClN4O2S/c1-9(13-16-5-6-17-13)18-21(19,20)11-3-4-12(14)10(7-11)8-15-2/h3-7,9,15,18H,8H2,1-2H3,(H,16,17). The van der Waals surface area contributed by atoms with Crippen molar-refractivity contribution in [1.29, 1.82) is 0 Å². The van der Waals surface area contributed by atoms with Gasteiger partial charge in [-0.2, -0.15) is 0 Å². The first-order chi connectivity index (χ1) is 9.94. The SMILES string of the molecule is CNCc1cc(S(=O)(=O)NC(C)c2ncc[nH]2)ccc1Cl. The van der Waals surface area contributed by atoms with E-state index in [0.29, 0.717) is 17.4 Å². The number of hydrogen-bond donors (Lipinski definition) is 3. The number of nitrogens with zero attached hydrogens (tertiary/aromatic N) is 1. The average molecular weight is 329 g/mol. The number of hydrogen-bond acceptors (Lipinski definition) is 4. The van der Waals surface area contributed by atoms with Crippen molar-refractivity contribution in [1.82, 2.24) is 20.0 Å². The molecule has 21 heavy (non-hydrogen) atoms. The average Bonchev–Trinajstić information content (AvgIpc) is 2.95. The Bertz CT molecular complexity index is 701. The lowest BCUT2D eigenvalue weighted by Crippen LogP contribution is -2.27. The van der Waals surface area contributed by atoms with Crippen molar-refractivity contribution in [3.05, 3.63) is 47.0 Å². The molecule has 1 heterocycles. The Kier molecular flexibility index (Phi) is 5.00. The molecule has 1 aromatic heterocycles. The van der Waals surface area contributed by atoms with Crippen LogP contribution in [0.25, 0.3) is 0 Å². The Morgan fingerprint density at radius 2 is 2.19 bits per heavy atom. The van der Waals surface area contributed by atoms with E-state index in [-0.39, 0.29) is 4.90 Å². The van der Waals surface area contributed by atoms with E-state index in [0.717, 1.165) is 5.56 Å². The van der Waals surface area contributed by atoms with Crippen molar-refractivity contribution in [2.24, 2.45) is 0 Å². The second kappa shape index (κ2) is 6.57. The molecule has 6 nitrogen and oxygen atoms in total. The van der Waals surface area contributed by atoms with E-state index in [1.54, 1.807) is 38.5 Å². The molecule has 1 aromatic carbocycles. The Morgan fingerprint density at radius 3 is 2.81 bits per heavy atom. The van der Waals surface area contributed by atoms with Gasteiger partial charge >= 0.3 is 0 Å². The van der Waals surface area contributed by atoms with Crippen LogP contribution in [0.15, 0.2) is 35.5 Å². The number of imidazole rings is 1. The van der Waals surface area contributed by atoms with Gasteiger partial charge in [-0.3, -0.25) is 0 Å². The smallest absolute Gasteiger partial charge is 0.241 e. The highest BCUT2D eigenvalue weighted by atomic mass is 35.5. The molecule has 0 spiro atoms. The summed E-state index contributed by atoms with van der Waals surface area (Å²) in [4.78, 5) is 7.10. The van der Waals surface area contributed by atoms with Crippen LogP contribution >= 0.6 is 11.6 Å². The van der Waals surface area contributed by atoms with Crippen LogP contribution in [0.3, 0.4) is 0 Å². The van der Waals surface area contributed by atoms with Crippen LogP contribution in [-0.4, -0.2) is 25.4 Å². The molecule has 0 fully saturated rings. The van der Waals surface area contributed by atoms with Crippen molar-refractivity contribution >= 4 is 21.6 Å². The molecule has 2 aromatic rings. The van der Waals surface area contributed by atoms with Gasteiger partial charge in [0.2, 0.25) is 10.0 Å². The summed E-state index contributed by atoms with van der Waals surface area (Å²) in [6.07, 6.45) is 3.22. The van der Waals surface area contributed by atoms with Crippen molar-refractivity contribution in [3.8, 4) is 0 Å². The predicted octanol–water partition coefficient (Wildman–Crippen LogP) is 1.82. The van der Waals surface area contributed by atoms with E-state index in [1.165, 1.54) is 6.07 Å². The van der Waals surface area contributed by atoms with E-state index in [4.69, 9.17) is 11.6 Å². The molecule has 1 unspecified atom stereocenters. The molecule has 8 heteroatoms. The first kappa shape index (κ1) is 16.0. The molecule has 0 saturated carbocycles. The number of H-pyrrole nitrogens is 1. The summed E-state index contributed by atoms with van der Waals surface area (Å²) >= 11 is 6.04. The quantitative estimate of drug-likeness (QED) is 0.755. The Labute approximate surface area is 129 Å². The summed E-state index contributed by atoms with van der Waals surface area (Å²) in [5.74, 6) is 0.558. The maximum Gasteiger partial charge on any atom is 0.241 e. The molecule has 2 rings (SSSR count). The second-order valence-corrected chi connectivity index (χ2v) is 6.72. The number of sulfonamides is 1. The predicted molar refractivity (Wildman–Crippen MR) is 81.5 cm³/mol. The molecule has 1 atom stereocenters. The number of aromatic amines is 1. The zero-order valence-electron chi connectivity index (χ0n) is 11.7. The summed E-state index contributed by atoms with van der Waals surface area (Å²) in [6.45, 7) is 2.22. The molecular weight excluding hydrogens is 312 g/mol. The molecule has 0 radical (unpaired) electrons. The zero-order valence-corrected chi connectivity index (χ0v) is 13.3. The van der Waals surface area contributed by atoms with Crippen LogP contribution < -0.4 is 10.0 Å². The molecule has 0 aliphatic carbocycles. The van der Waals surface area contributed by atoms with Crippen molar-refractivity contribution in [3.63, 3.8) is 0 Å². The van der Waals surface area contributed by atoms with Gasteiger partial charge in [0.15, 0.2) is 0 Å². The van der Waals surface area contributed by atoms with Crippen LogP contribution in [-0.2, 0) is 16.6 Å². The number of nitrogens with one attached hydrogen (secondary N) is 3.